The molecule has 0 aliphatic carbocycles. The summed E-state index contributed by atoms with van der Waals surface area (Å²) in [4.78, 5) is 24.6. The fourth-order valence-corrected chi connectivity index (χ4v) is 2.82. The minimum Gasteiger partial charge on any atom is -0.788 e. The van der Waals surface area contributed by atoms with Gasteiger partial charge in [-0.3, -0.25) is 0 Å². The molecular formula is C18H37K2O6P. The Bertz CT molecular complexity index is 318. The van der Waals surface area contributed by atoms with Crippen molar-refractivity contribution < 1.29 is 131 Å². The van der Waals surface area contributed by atoms with E-state index in [0.717, 1.165) is 26.1 Å². The van der Waals surface area contributed by atoms with Gasteiger partial charge in [-0.15, -0.1) is 0 Å². The van der Waals surface area contributed by atoms with Crippen molar-refractivity contribution in [3.8, 4) is 0 Å². The van der Waals surface area contributed by atoms with Crippen LogP contribution in [0, 0.1) is 0 Å². The van der Waals surface area contributed by atoms with Crippen molar-refractivity contribution in [3.05, 3.63) is 0 Å². The summed E-state index contributed by atoms with van der Waals surface area (Å²) in [7, 11) is -4.99. The van der Waals surface area contributed by atoms with Crippen molar-refractivity contribution in [1.82, 2.24) is 0 Å². The molecule has 0 aromatic heterocycles. The zero-order chi connectivity index (χ0) is 18.6. The molecule has 0 atom stereocenters. The van der Waals surface area contributed by atoms with Crippen LogP contribution in [0.2, 0.25) is 0 Å². The Kier molecular flexibility index (Phi) is 35.3. The van der Waals surface area contributed by atoms with Gasteiger partial charge < -0.3 is 19.1 Å². The van der Waals surface area contributed by atoms with Crippen LogP contribution in [0.4, 0.5) is 0 Å². The fraction of sp³-hybridized carbons (Fsp3) is 1.00. The third-order valence-corrected chi connectivity index (χ3v) is 4.34. The number of rotatable bonds is 20. The van der Waals surface area contributed by atoms with Crippen molar-refractivity contribution in [1.29, 1.82) is 0 Å². The van der Waals surface area contributed by atoms with Crippen LogP contribution < -0.4 is 113 Å². The second kappa shape index (κ2) is 27.3. The molecule has 0 spiro atoms. The summed E-state index contributed by atoms with van der Waals surface area (Å²) in [6.07, 6.45) is 16.6. The molecule has 0 amide bonds. The van der Waals surface area contributed by atoms with E-state index in [-0.39, 0.29) is 109 Å². The molecule has 0 aromatic rings. The number of phosphoric acid groups is 1. The Labute approximate surface area is 251 Å². The molecule has 0 rings (SSSR count). The molecule has 0 aromatic carbocycles. The zero-order valence-electron chi connectivity index (χ0n) is 17.9. The van der Waals surface area contributed by atoms with E-state index in [1.54, 1.807) is 0 Å². The number of ether oxygens (including phenoxy) is 1. The largest absolute Gasteiger partial charge is 1.00 e. The molecule has 0 saturated carbocycles. The summed E-state index contributed by atoms with van der Waals surface area (Å²) >= 11 is 0. The van der Waals surface area contributed by atoms with E-state index < -0.39 is 7.82 Å². The number of hydrogen-bond donors (Lipinski definition) is 0. The normalized spacial score (nSPS) is 11.1. The van der Waals surface area contributed by atoms with Crippen LogP contribution in [0.3, 0.4) is 0 Å². The summed E-state index contributed by atoms with van der Waals surface area (Å²) in [5.41, 5.74) is 0. The monoisotopic (exact) mass is 458 g/mol. The van der Waals surface area contributed by atoms with E-state index in [1.807, 2.05) is 0 Å². The first-order chi connectivity index (χ1) is 12.1. The van der Waals surface area contributed by atoms with Gasteiger partial charge in [0.1, 0.15) is 7.82 Å². The molecule has 0 bridgehead atoms. The van der Waals surface area contributed by atoms with Crippen LogP contribution in [0.15, 0.2) is 0 Å². The Morgan fingerprint density at radius 3 is 1.41 bits per heavy atom. The van der Waals surface area contributed by atoms with E-state index in [9.17, 15) is 14.4 Å². The average molecular weight is 459 g/mol. The minimum absolute atomic E-state index is 0. The maximum absolute atomic E-state index is 10.1. The fourth-order valence-electron chi connectivity index (χ4n) is 2.61. The van der Waals surface area contributed by atoms with Crippen molar-refractivity contribution in [2.24, 2.45) is 0 Å². The van der Waals surface area contributed by atoms with Crippen LogP contribution in [0.1, 0.15) is 96.8 Å². The van der Waals surface area contributed by atoms with Crippen LogP contribution in [0.25, 0.3) is 0 Å². The molecule has 0 radical (unpaired) electrons. The Morgan fingerprint density at radius 1 is 0.630 bits per heavy atom. The molecule has 0 unspecified atom stereocenters. The Balaban J connectivity index is -0.00000288. The van der Waals surface area contributed by atoms with Crippen molar-refractivity contribution in [2.45, 2.75) is 96.8 Å². The summed E-state index contributed by atoms with van der Waals surface area (Å²) in [5, 5.41) is 0. The summed E-state index contributed by atoms with van der Waals surface area (Å²) in [6.45, 7) is 4.20. The van der Waals surface area contributed by atoms with Crippen LogP contribution in [0.5, 0.6) is 0 Å². The third kappa shape index (κ3) is 34.1. The van der Waals surface area contributed by atoms with Gasteiger partial charge >= 0.3 is 103 Å². The SMILES string of the molecule is CCCCCCOCCCCCCCCCCCCOOP(=O)([O-])[O-].[K+].[K+]. The smallest absolute Gasteiger partial charge is 0.788 e. The second-order valence-corrected chi connectivity index (χ2v) is 7.60. The van der Waals surface area contributed by atoms with E-state index in [1.165, 1.54) is 70.6 Å². The second-order valence-electron chi connectivity index (χ2n) is 6.55. The third-order valence-electron chi connectivity index (χ3n) is 4.05. The van der Waals surface area contributed by atoms with E-state index >= 15 is 0 Å². The molecule has 6 nitrogen and oxygen atoms in total. The molecule has 0 heterocycles. The first-order valence-corrected chi connectivity index (χ1v) is 11.4. The minimum atomic E-state index is -4.99. The van der Waals surface area contributed by atoms with E-state index in [2.05, 4.69) is 16.5 Å². The zero-order valence-corrected chi connectivity index (χ0v) is 25.1. The first-order valence-electron chi connectivity index (χ1n) is 9.97. The van der Waals surface area contributed by atoms with Gasteiger partial charge in [-0.25, -0.2) is 9.56 Å². The van der Waals surface area contributed by atoms with Gasteiger partial charge in [0.05, 0.1) is 6.61 Å². The van der Waals surface area contributed by atoms with Crippen molar-refractivity contribution >= 4 is 7.82 Å². The standard InChI is InChI=1S/C18H39O6P.2K/c1-2-3-4-13-16-22-17-14-11-9-7-5-6-8-10-12-15-18-23-24-25(19,20)21;;/h2-18H2,1H3,(H2,19,20,21);;/q;2*+1/p-2. The van der Waals surface area contributed by atoms with Crippen molar-refractivity contribution in [2.75, 3.05) is 19.8 Å². The van der Waals surface area contributed by atoms with Gasteiger partial charge in [-0.2, -0.15) is 0 Å². The molecule has 0 N–H and O–H groups in total. The van der Waals surface area contributed by atoms with Crippen molar-refractivity contribution in [3.63, 3.8) is 0 Å². The van der Waals surface area contributed by atoms with Gasteiger partial charge in [0.25, 0.3) is 0 Å². The van der Waals surface area contributed by atoms with Crippen LogP contribution in [-0.4, -0.2) is 19.8 Å². The maximum atomic E-state index is 10.1. The molecule has 27 heavy (non-hydrogen) atoms. The molecule has 9 heteroatoms. The van der Waals surface area contributed by atoms with Gasteiger partial charge in [-0.05, 0) is 19.3 Å². The van der Waals surface area contributed by atoms with Gasteiger partial charge in [-0.1, -0.05) is 77.6 Å². The van der Waals surface area contributed by atoms with E-state index in [4.69, 9.17) is 4.74 Å². The number of hydrogen-bond acceptors (Lipinski definition) is 6. The molecule has 0 aliphatic heterocycles. The molecule has 0 saturated heterocycles. The topological polar surface area (TPSA) is 90.9 Å². The summed E-state index contributed by atoms with van der Waals surface area (Å²) in [6, 6.07) is 0. The molecule has 0 fully saturated rings. The molecule has 152 valence electrons. The van der Waals surface area contributed by atoms with E-state index in [0.29, 0.717) is 6.42 Å². The predicted molar refractivity (Wildman–Crippen MR) is 95.8 cm³/mol. The maximum Gasteiger partial charge on any atom is 1.00 e. The van der Waals surface area contributed by atoms with Crippen LogP contribution in [-0.2, 0) is 18.9 Å². The number of unbranched alkanes of at least 4 members (excludes halogenated alkanes) is 12. The van der Waals surface area contributed by atoms with Gasteiger partial charge in [0, 0.05) is 13.2 Å². The summed E-state index contributed by atoms with van der Waals surface area (Å²) < 4.78 is 19.5. The summed E-state index contributed by atoms with van der Waals surface area (Å²) in [5.74, 6) is 0. The predicted octanol–water partition coefficient (Wildman–Crippen LogP) is -1.73. The Morgan fingerprint density at radius 2 is 1.00 bits per heavy atom. The van der Waals surface area contributed by atoms with Crippen LogP contribution >= 0.6 is 7.82 Å². The first kappa shape index (κ1) is 34.9. The Hall–Kier alpha value is 3.30. The molecule has 0 aliphatic rings. The van der Waals surface area contributed by atoms with Gasteiger partial charge in [0.2, 0.25) is 0 Å². The average Bonchev–Trinajstić information content (AvgIpc) is 2.56. The quantitative estimate of drug-likeness (QED) is 0.0708. The van der Waals surface area contributed by atoms with Gasteiger partial charge in [0.15, 0.2) is 0 Å². The molecular weight excluding hydrogens is 421 g/mol.